The summed E-state index contributed by atoms with van der Waals surface area (Å²) in [6, 6.07) is -3.64. The molecule has 22 nitrogen and oxygen atoms in total. The maximum Gasteiger partial charge on any atom is 0.407 e. The van der Waals surface area contributed by atoms with Crippen LogP contribution >= 0.6 is 0 Å². The monoisotopic (exact) mass is 976 g/mol. The Morgan fingerprint density at radius 2 is 0.985 bits per heavy atom. The van der Waals surface area contributed by atoms with Crippen LogP contribution in [0.4, 0.5) is 9.59 Å². The van der Waals surface area contributed by atoms with Crippen molar-refractivity contribution in [3.8, 4) is 0 Å². The smallest absolute Gasteiger partial charge is 0.407 e. The van der Waals surface area contributed by atoms with E-state index in [4.69, 9.17) is 48.7 Å². The summed E-state index contributed by atoms with van der Waals surface area (Å²) in [6.45, 7) is 21.2. The zero-order chi connectivity index (χ0) is 48.8. The summed E-state index contributed by atoms with van der Waals surface area (Å²) >= 11 is 0. The second-order valence-corrected chi connectivity index (χ2v) is 31.3. The molecule has 4 aliphatic heterocycles. The third-order valence-corrected chi connectivity index (χ3v) is 23.8. The van der Waals surface area contributed by atoms with E-state index in [-0.39, 0.29) is 61.7 Å². The SMILES string of the molecule is CC(C)(C)[Si](C)(C)O[C@@H]1C[C@@H](O[C@H]2[C@H](O)[C@@H](O)[C@H](NC(=O)CCC(=O)N[C@@H]3C[C@H](N)[C@@H](O[C@@H]4C[C@@H](O[Si](C)(C)C(C)(C)C)[C@@H]5OC(=O)NC[C@H]5O4)[C@H](O)[C@H]3O)C[C@@H]2N)O[C@@H]2CNC(=O)O[C@H]21. The third-order valence-electron chi connectivity index (χ3n) is 14.8. The lowest BCUT2D eigenvalue weighted by Gasteiger charge is -2.49. The minimum absolute atomic E-state index is 0.0255. The molecule has 0 aromatic heterocycles. The van der Waals surface area contributed by atoms with Crippen LogP contribution in [-0.2, 0) is 46.9 Å². The molecule has 4 amide bonds. The van der Waals surface area contributed by atoms with Crippen LogP contribution in [0.5, 0.6) is 0 Å². The maximum atomic E-state index is 13.1. The molecule has 2 saturated carbocycles. The summed E-state index contributed by atoms with van der Waals surface area (Å²) in [6.07, 6.45) is -15.0. The van der Waals surface area contributed by atoms with E-state index in [0.717, 1.165) is 0 Å². The van der Waals surface area contributed by atoms with Gasteiger partial charge in [0.05, 0.1) is 37.4 Å². The van der Waals surface area contributed by atoms with E-state index in [2.05, 4.69) is 89.0 Å². The Bertz CT molecular complexity index is 1620. The van der Waals surface area contributed by atoms with Crippen molar-refractivity contribution in [3.63, 3.8) is 0 Å². The molecule has 24 heteroatoms. The fourth-order valence-electron chi connectivity index (χ4n) is 8.92. The highest BCUT2D eigenvalue weighted by molar-refractivity contribution is 6.74. The lowest BCUT2D eigenvalue weighted by molar-refractivity contribution is -0.283. The molecule has 4 heterocycles. The van der Waals surface area contributed by atoms with Crippen LogP contribution in [0.3, 0.4) is 0 Å². The predicted octanol–water partition coefficient (Wildman–Crippen LogP) is -0.360. The van der Waals surface area contributed by atoms with Crippen molar-refractivity contribution in [2.45, 2.75) is 226 Å². The maximum absolute atomic E-state index is 13.1. The van der Waals surface area contributed by atoms with Gasteiger partial charge in [0.25, 0.3) is 0 Å². The Balaban J connectivity index is 0.970. The molecule has 4 saturated heterocycles. The highest BCUT2D eigenvalue weighted by atomic mass is 28.4. The van der Waals surface area contributed by atoms with Crippen LogP contribution < -0.4 is 32.7 Å². The number of nitrogens with one attached hydrogen (secondary N) is 4. The molecule has 0 radical (unpaired) electrons. The number of hydrogen-bond acceptors (Lipinski definition) is 18. The molecule has 6 aliphatic rings. The zero-order valence-corrected chi connectivity index (χ0v) is 41.9. The van der Waals surface area contributed by atoms with Crippen molar-refractivity contribution in [3.05, 3.63) is 0 Å². The van der Waals surface area contributed by atoms with Crippen molar-refractivity contribution in [1.82, 2.24) is 21.3 Å². The van der Waals surface area contributed by atoms with Gasteiger partial charge < -0.3 is 90.4 Å². The molecule has 0 spiro atoms. The molecule has 0 unspecified atom stereocenters. The topological polar surface area (TPSA) is 323 Å². The Labute approximate surface area is 388 Å². The first-order valence-corrected chi connectivity index (χ1v) is 29.1. The molecule has 12 N–H and O–H groups in total. The molecular weight excluding hydrogens is 901 g/mol. The lowest BCUT2D eigenvalue weighted by Crippen LogP contribution is -2.66. The number of ether oxygens (including phenoxy) is 6. The average molecular weight is 977 g/mol. The molecule has 0 bridgehead atoms. The minimum atomic E-state index is -2.35. The molecule has 6 rings (SSSR count). The van der Waals surface area contributed by atoms with Gasteiger partial charge in [0, 0.05) is 37.8 Å². The van der Waals surface area contributed by atoms with E-state index >= 15 is 0 Å². The largest absolute Gasteiger partial charge is 0.441 e. The minimum Gasteiger partial charge on any atom is -0.441 e. The fourth-order valence-corrected chi connectivity index (χ4v) is 11.6. The molecule has 18 atom stereocenters. The van der Waals surface area contributed by atoms with E-state index in [1.165, 1.54) is 0 Å². The van der Waals surface area contributed by atoms with Gasteiger partial charge in [-0.1, -0.05) is 41.5 Å². The summed E-state index contributed by atoms with van der Waals surface area (Å²) in [5, 5.41) is 55.1. The second kappa shape index (κ2) is 20.4. The number of amides is 4. The molecule has 2 aliphatic carbocycles. The van der Waals surface area contributed by atoms with Crippen LogP contribution in [-0.4, -0.2) is 184 Å². The quantitative estimate of drug-likeness (QED) is 0.105. The first kappa shape index (κ1) is 52.8. The number of fused-ring (bicyclic) bond motifs is 2. The predicted molar refractivity (Wildman–Crippen MR) is 239 cm³/mol. The first-order chi connectivity index (χ1) is 30.5. The number of aliphatic hydroxyl groups excluding tert-OH is 4. The van der Waals surface area contributed by atoms with E-state index < -0.39 is 151 Å². The van der Waals surface area contributed by atoms with Crippen molar-refractivity contribution >= 4 is 40.6 Å². The number of carbonyl (C=O) groups is 4. The Morgan fingerprint density at radius 1 is 0.636 bits per heavy atom. The van der Waals surface area contributed by atoms with Crippen LogP contribution in [0, 0.1) is 0 Å². The molecule has 6 fully saturated rings. The second-order valence-electron chi connectivity index (χ2n) is 21.8. The molecule has 0 aromatic rings. The van der Waals surface area contributed by atoms with E-state index in [9.17, 15) is 39.6 Å². The number of hydrogen-bond donors (Lipinski definition) is 10. The van der Waals surface area contributed by atoms with Gasteiger partial charge in [0.2, 0.25) is 11.8 Å². The number of alkyl carbamates (subject to hydrolysis) is 2. The standard InChI is InChI=1S/C42H76N6O16Si2/c1-41(2,3)65(7,8)63-23-15-29(57-25-17-45-39(55)61-37(23)25)59-35-19(43)13-21(31(51)33(35)53)47-27(49)11-12-28(50)48-22-14-20(44)36(34(54)32(22)52)60-30-16-24(64-66(9,10)42(4,5)6)38-26(58-30)18-46-40(56)62-38/h19-26,29-38,51-54H,11-18,43-44H2,1-10H3,(H,45,55)(H,46,56)(H,47,49)(H,48,50)/t19-,20-,21+,22+,23+,24+,25+,26+,29+,30+,31-,32-,33+,34+,35+,36+,37-,38-/m0/s1. The van der Waals surface area contributed by atoms with Gasteiger partial charge in [-0.2, -0.15) is 0 Å². The van der Waals surface area contributed by atoms with Crippen molar-refractivity contribution in [2.24, 2.45) is 11.5 Å². The highest BCUT2D eigenvalue weighted by Crippen LogP contribution is 2.42. The first-order valence-electron chi connectivity index (χ1n) is 23.2. The Hall–Kier alpha value is -2.57. The van der Waals surface area contributed by atoms with Crippen molar-refractivity contribution in [1.29, 1.82) is 0 Å². The van der Waals surface area contributed by atoms with Crippen LogP contribution in [0.2, 0.25) is 36.3 Å². The summed E-state index contributed by atoms with van der Waals surface area (Å²) < 4.78 is 49.3. The van der Waals surface area contributed by atoms with E-state index in [0.29, 0.717) is 0 Å². The highest BCUT2D eigenvalue weighted by Gasteiger charge is 2.54. The number of nitrogens with two attached hydrogens (primary N) is 2. The molecule has 0 aromatic carbocycles. The van der Waals surface area contributed by atoms with Gasteiger partial charge in [-0.25, -0.2) is 9.59 Å². The van der Waals surface area contributed by atoms with Gasteiger partial charge in [-0.15, -0.1) is 0 Å². The van der Waals surface area contributed by atoms with Crippen molar-refractivity contribution < 1.29 is 76.9 Å². The zero-order valence-electron chi connectivity index (χ0n) is 39.9. The number of aliphatic hydroxyl groups is 4. The summed E-state index contributed by atoms with van der Waals surface area (Å²) in [7, 11) is -4.69. The average Bonchev–Trinajstić information content (AvgIpc) is 3.20. The number of carbonyl (C=O) groups excluding carboxylic acids is 4. The van der Waals surface area contributed by atoms with Crippen LogP contribution in [0.15, 0.2) is 0 Å². The van der Waals surface area contributed by atoms with Gasteiger partial charge in [-0.3, -0.25) is 9.59 Å². The summed E-state index contributed by atoms with van der Waals surface area (Å²) in [5.74, 6) is -1.19. The number of rotatable bonds is 13. The molecular formula is C42H76N6O16Si2. The third kappa shape index (κ3) is 12.1. The summed E-state index contributed by atoms with van der Waals surface area (Å²) in [5.41, 5.74) is 13.0. The normalized spacial score (nSPS) is 40.1. The Kier molecular flexibility index (Phi) is 16.3. The van der Waals surface area contributed by atoms with Crippen LogP contribution in [0.25, 0.3) is 0 Å². The fraction of sp³-hybridized carbons (Fsp3) is 0.905. The van der Waals surface area contributed by atoms with Gasteiger partial charge in [0.15, 0.2) is 41.4 Å². The molecule has 378 valence electrons. The van der Waals surface area contributed by atoms with Gasteiger partial charge in [-0.05, 0) is 49.1 Å². The van der Waals surface area contributed by atoms with Gasteiger partial charge >= 0.3 is 12.2 Å². The lowest BCUT2D eigenvalue weighted by atomic mass is 9.83. The van der Waals surface area contributed by atoms with Crippen molar-refractivity contribution in [2.75, 3.05) is 13.1 Å². The summed E-state index contributed by atoms with van der Waals surface area (Å²) in [4.78, 5) is 50.5. The van der Waals surface area contributed by atoms with E-state index in [1.807, 2.05) is 0 Å². The molecule has 66 heavy (non-hydrogen) atoms. The van der Waals surface area contributed by atoms with Gasteiger partial charge in [0.1, 0.15) is 48.8 Å². The van der Waals surface area contributed by atoms with Crippen LogP contribution in [0.1, 0.15) is 80.1 Å². The Morgan fingerprint density at radius 3 is 1.32 bits per heavy atom. The van der Waals surface area contributed by atoms with E-state index in [1.54, 1.807) is 0 Å².